The first-order valence-electron chi connectivity index (χ1n) is 12.5. The summed E-state index contributed by atoms with van der Waals surface area (Å²) in [6.45, 7) is 6.27. The van der Waals surface area contributed by atoms with E-state index >= 15 is 0 Å². The molecule has 3 aliphatic rings. The number of fused-ring (bicyclic) bond motifs is 3. The Balaban J connectivity index is 1.43. The molecule has 3 heterocycles. The largest absolute Gasteiger partial charge is 0.489 e. The number of aliphatic hydroxyl groups is 1. The highest BCUT2D eigenvalue weighted by molar-refractivity contribution is 6.00. The summed E-state index contributed by atoms with van der Waals surface area (Å²) in [5.74, 6) is 0.438. The zero-order valence-corrected chi connectivity index (χ0v) is 20.2. The van der Waals surface area contributed by atoms with Gasteiger partial charge in [0, 0.05) is 52.2 Å². The van der Waals surface area contributed by atoms with Gasteiger partial charge in [-0.25, -0.2) is 4.39 Å². The molecule has 0 aliphatic carbocycles. The Bertz CT molecular complexity index is 1090. The van der Waals surface area contributed by atoms with Crippen molar-refractivity contribution in [3.8, 4) is 5.75 Å². The highest BCUT2D eigenvalue weighted by Gasteiger charge is 2.54. The lowest BCUT2D eigenvalue weighted by Crippen LogP contribution is -2.53. The average Bonchev–Trinajstić information content (AvgIpc) is 3.19. The molecule has 35 heavy (non-hydrogen) atoms. The summed E-state index contributed by atoms with van der Waals surface area (Å²) in [4.78, 5) is 16.0. The van der Waals surface area contributed by atoms with E-state index in [-0.39, 0.29) is 24.4 Å². The maximum Gasteiger partial charge on any atom is 0.219 e. The molecule has 2 aromatic rings. The molecule has 3 aliphatic heterocycles. The van der Waals surface area contributed by atoms with Gasteiger partial charge in [0.1, 0.15) is 29.9 Å². The Morgan fingerprint density at radius 3 is 2.66 bits per heavy atom. The summed E-state index contributed by atoms with van der Waals surface area (Å²) in [6, 6.07) is 14.8. The van der Waals surface area contributed by atoms with Crippen molar-refractivity contribution in [2.75, 3.05) is 50.9 Å². The summed E-state index contributed by atoms with van der Waals surface area (Å²) in [6.07, 6.45) is 2.21. The molecular formula is C27H33FN4O3. The van der Waals surface area contributed by atoms with Gasteiger partial charge >= 0.3 is 0 Å². The van der Waals surface area contributed by atoms with Crippen molar-refractivity contribution in [3.05, 3.63) is 59.9 Å². The van der Waals surface area contributed by atoms with Crippen LogP contribution < -0.4 is 9.75 Å². The molecule has 0 aromatic heterocycles. The van der Waals surface area contributed by atoms with Crippen LogP contribution in [0.25, 0.3) is 0 Å². The van der Waals surface area contributed by atoms with Crippen molar-refractivity contribution in [1.82, 2.24) is 9.80 Å². The molecule has 1 fully saturated rings. The topological polar surface area (TPSA) is 68.6 Å². The second-order valence-electron chi connectivity index (χ2n) is 9.59. The van der Waals surface area contributed by atoms with Crippen LogP contribution in [-0.2, 0) is 10.2 Å². The lowest BCUT2D eigenvalue weighted by molar-refractivity contribution is -0.130. The monoisotopic (exact) mass is 480 g/mol. The van der Waals surface area contributed by atoms with Crippen molar-refractivity contribution in [2.24, 2.45) is 5.10 Å². The molecule has 0 unspecified atom stereocenters. The Hall–Kier alpha value is -2.97. The van der Waals surface area contributed by atoms with Crippen LogP contribution in [0.3, 0.4) is 0 Å². The number of carbonyl (C=O) groups is 1. The molecule has 1 N–H and O–H groups in total. The predicted molar refractivity (Wildman–Crippen MR) is 133 cm³/mol. The molecule has 7 nitrogen and oxygen atoms in total. The molecule has 8 heteroatoms. The lowest BCUT2D eigenvalue weighted by Gasteiger charge is -2.42. The van der Waals surface area contributed by atoms with Gasteiger partial charge in [-0.15, -0.1) is 0 Å². The molecule has 5 rings (SSSR count). The number of hydrogen-bond acceptors (Lipinski definition) is 6. The molecule has 186 valence electrons. The van der Waals surface area contributed by atoms with E-state index < -0.39 is 5.41 Å². The maximum absolute atomic E-state index is 14.2. The Kier molecular flexibility index (Phi) is 6.75. The van der Waals surface area contributed by atoms with Gasteiger partial charge in [0.25, 0.3) is 0 Å². The summed E-state index contributed by atoms with van der Waals surface area (Å²) >= 11 is 0. The van der Waals surface area contributed by atoms with E-state index in [2.05, 4.69) is 17.0 Å². The number of piperazine rings is 1. The average molecular weight is 481 g/mol. The quantitative estimate of drug-likeness (QED) is 0.660. The number of ether oxygens (including phenoxy) is 1. The number of hydrogen-bond donors (Lipinski definition) is 1. The van der Waals surface area contributed by atoms with Gasteiger partial charge < -0.3 is 14.7 Å². The molecule has 2 aromatic carbocycles. The molecule has 0 spiro atoms. The molecule has 0 saturated carbocycles. The number of rotatable bonds is 7. The van der Waals surface area contributed by atoms with Gasteiger partial charge in [0.05, 0.1) is 11.1 Å². The van der Waals surface area contributed by atoms with Crippen LogP contribution in [0.2, 0.25) is 0 Å². The summed E-state index contributed by atoms with van der Waals surface area (Å²) in [5.41, 5.74) is 2.24. The van der Waals surface area contributed by atoms with Crippen LogP contribution in [0.15, 0.2) is 53.6 Å². The van der Waals surface area contributed by atoms with Crippen LogP contribution in [0.4, 0.5) is 10.1 Å². The molecular weight excluding hydrogens is 447 g/mol. The minimum Gasteiger partial charge on any atom is -0.489 e. The summed E-state index contributed by atoms with van der Waals surface area (Å²) in [5, 5.41) is 16.9. The van der Waals surface area contributed by atoms with Crippen LogP contribution in [-0.4, -0.2) is 78.5 Å². The number of carbonyl (C=O) groups excluding carboxylic acids is 1. The van der Waals surface area contributed by atoms with Crippen molar-refractivity contribution in [2.45, 2.75) is 37.6 Å². The van der Waals surface area contributed by atoms with Gasteiger partial charge in [-0.2, -0.15) is 5.10 Å². The summed E-state index contributed by atoms with van der Waals surface area (Å²) < 4.78 is 20.3. The van der Waals surface area contributed by atoms with Crippen molar-refractivity contribution in [3.63, 3.8) is 0 Å². The van der Waals surface area contributed by atoms with Gasteiger partial charge in [-0.05, 0) is 37.1 Å². The second kappa shape index (κ2) is 9.95. The number of anilines is 1. The number of amides is 1. The molecule has 0 bridgehead atoms. The Morgan fingerprint density at radius 1 is 1.17 bits per heavy atom. The fourth-order valence-corrected chi connectivity index (χ4v) is 5.88. The minimum atomic E-state index is -0.449. The SMILES string of the molecule is CC(=O)N1CCN(CCC[C@]2(c3ccccc3)C(CCO)=NN3c4cc(F)ccc4OC[C@@H]32)CC1. The first kappa shape index (κ1) is 23.8. The standard InChI is InChI=1S/C27H33FN4O3/c1-20(34)31-15-13-30(14-16-31)12-5-11-27(21-6-3-2-4-7-21)25(10-17-33)29-32-23-18-22(28)8-9-24(23)35-19-26(27)32/h2-4,6-9,18,26,33H,5,10-17,19H2,1H3/t26-,27+/m1/s1. The van der Waals surface area contributed by atoms with Crippen LogP contribution in [0, 0.1) is 5.82 Å². The zero-order chi connectivity index (χ0) is 24.4. The number of aliphatic hydroxyl groups excluding tert-OH is 1. The third-order valence-corrected chi connectivity index (χ3v) is 7.67. The van der Waals surface area contributed by atoms with E-state index in [9.17, 15) is 14.3 Å². The van der Waals surface area contributed by atoms with E-state index in [1.807, 2.05) is 28.1 Å². The molecule has 0 radical (unpaired) electrons. The zero-order valence-electron chi connectivity index (χ0n) is 20.2. The van der Waals surface area contributed by atoms with Gasteiger partial charge in [0.15, 0.2) is 0 Å². The lowest BCUT2D eigenvalue weighted by atomic mass is 9.67. The van der Waals surface area contributed by atoms with Gasteiger partial charge in [-0.1, -0.05) is 30.3 Å². The maximum atomic E-state index is 14.2. The molecule has 1 saturated heterocycles. The van der Waals surface area contributed by atoms with E-state index in [0.717, 1.165) is 56.8 Å². The fraction of sp³-hybridized carbons (Fsp3) is 0.481. The van der Waals surface area contributed by atoms with E-state index in [4.69, 9.17) is 9.84 Å². The van der Waals surface area contributed by atoms with Gasteiger partial charge in [-0.3, -0.25) is 14.7 Å². The van der Waals surface area contributed by atoms with Crippen LogP contribution in [0.5, 0.6) is 5.75 Å². The summed E-state index contributed by atoms with van der Waals surface area (Å²) in [7, 11) is 0. The molecule has 1 amide bonds. The number of benzene rings is 2. The first-order valence-corrected chi connectivity index (χ1v) is 12.5. The van der Waals surface area contributed by atoms with Crippen LogP contribution in [0.1, 0.15) is 31.7 Å². The van der Waals surface area contributed by atoms with Gasteiger partial charge in [0.2, 0.25) is 5.91 Å². The Labute approximate surface area is 205 Å². The highest BCUT2D eigenvalue weighted by atomic mass is 19.1. The minimum absolute atomic E-state index is 0.00213. The highest BCUT2D eigenvalue weighted by Crippen LogP contribution is 2.49. The Morgan fingerprint density at radius 2 is 1.94 bits per heavy atom. The first-order chi connectivity index (χ1) is 17.0. The normalized spacial score (nSPS) is 24.0. The fourth-order valence-electron chi connectivity index (χ4n) is 5.88. The number of nitrogens with zero attached hydrogens (tertiary/aromatic N) is 4. The van der Waals surface area contributed by atoms with Crippen molar-refractivity contribution in [1.29, 1.82) is 0 Å². The number of hydrazone groups is 1. The van der Waals surface area contributed by atoms with Crippen LogP contribution >= 0.6 is 0 Å². The van der Waals surface area contributed by atoms with Crippen molar-refractivity contribution < 1.29 is 19.0 Å². The smallest absolute Gasteiger partial charge is 0.219 e. The van der Waals surface area contributed by atoms with E-state index in [0.29, 0.717) is 24.5 Å². The third kappa shape index (κ3) is 4.41. The van der Waals surface area contributed by atoms with Crippen molar-refractivity contribution >= 4 is 17.3 Å². The predicted octanol–water partition coefficient (Wildman–Crippen LogP) is 3.03. The number of halogens is 1. The van der Waals surface area contributed by atoms with E-state index in [1.165, 1.54) is 12.1 Å². The third-order valence-electron chi connectivity index (χ3n) is 7.67. The van der Waals surface area contributed by atoms with E-state index in [1.54, 1.807) is 13.0 Å². The second-order valence-corrected chi connectivity index (χ2v) is 9.59. The molecule has 2 atom stereocenters.